The van der Waals surface area contributed by atoms with Gasteiger partial charge in [0.25, 0.3) is 0 Å². The molecule has 0 radical (unpaired) electrons. The molecule has 54 valence electrons. The topological polar surface area (TPSA) is 57.9 Å². The molecule has 0 aliphatic carbocycles. The second-order valence-electron chi connectivity index (χ2n) is 2.20. The summed E-state index contributed by atoms with van der Waals surface area (Å²) in [6.07, 6.45) is 0.0475. The summed E-state index contributed by atoms with van der Waals surface area (Å²) in [6.45, 7) is 2.68. The fourth-order valence-corrected chi connectivity index (χ4v) is 0.568. The number of Topliss-reactive ketones (excluding diaryl/α,β-unsaturated/α-hetero) is 2. The molecule has 0 aromatic carbocycles. The van der Waals surface area contributed by atoms with E-state index in [1.807, 2.05) is 0 Å². The normalized spacial score (nSPS) is 11.7. The van der Waals surface area contributed by atoms with Crippen LogP contribution in [0.4, 0.5) is 0 Å². The Bertz CT molecular complexity index is 190. The summed E-state index contributed by atoms with van der Waals surface area (Å²) in [6, 6.07) is 1.76. The number of ketones is 2. The highest BCUT2D eigenvalue weighted by Crippen LogP contribution is 2.02. The van der Waals surface area contributed by atoms with Gasteiger partial charge in [0.1, 0.15) is 17.5 Å². The van der Waals surface area contributed by atoms with Crippen molar-refractivity contribution in [3.8, 4) is 6.07 Å². The molecule has 1 atom stereocenters. The lowest BCUT2D eigenvalue weighted by atomic mass is 10.0. The minimum atomic E-state index is -0.738. The number of nitriles is 1. The molecule has 0 aromatic heterocycles. The first-order valence-corrected chi connectivity index (χ1v) is 2.97. The average Bonchev–Trinajstić information content (AvgIpc) is 1.81. The Morgan fingerprint density at radius 2 is 2.00 bits per heavy atom. The summed E-state index contributed by atoms with van der Waals surface area (Å²) in [5.41, 5.74) is 0. The minimum Gasteiger partial charge on any atom is -0.300 e. The number of carbonyl (C=O) groups is 2. The molecule has 0 spiro atoms. The fourth-order valence-electron chi connectivity index (χ4n) is 0.568. The van der Waals surface area contributed by atoms with Gasteiger partial charge in [0.15, 0.2) is 0 Å². The van der Waals surface area contributed by atoms with Crippen molar-refractivity contribution in [2.45, 2.75) is 20.3 Å². The highest BCUT2D eigenvalue weighted by Gasteiger charge is 2.14. The standard InChI is InChI=1S/C7H9NO2/c1-5(9)3-7(4-8)6(2)10/h7H,3H2,1-2H3. The van der Waals surface area contributed by atoms with Gasteiger partial charge in [-0.25, -0.2) is 0 Å². The van der Waals surface area contributed by atoms with E-state index in [0.717, 1.165) is 0 Å². The van der Waals surface area contributed by atoms with Gasteiger partial charge >= 0.3 is 0 Å². The molecule has 1 unspecified atom stereocenters. The Balaban J connectivity index is 4.00. The fraction of sp³-hybridized carbons (Fsp3) is 0.571. The largest absolute Gasteiger partial charge is 0.300 e. The molecule has 0 bridgehead atoms. The van der Waals surface area contributed by atoms with E-state index < -0.39 is 5.92 Å². The van der Waals surface area contributed by atoms with Crippen molar-refractivity contribution < 1.29 is 9.59 Å². The predicted molar refractivity (Wildman–Crippen MR) is 35.1 cm³/mol. The average molecular weight is 139 g/mol. The molecular formula is C7H9NO2. The van der Waals surface area contributed by atoms with Gasteiger partial charge in [0, 0.05) is 6.42 Å². The SMILES string of the molecule is CC(=O)CC(C#N)C(C)=O. The Morgan fingerprint density at radius 3 is 2.10 bits per heavy atom. The molecule has 3 nitrogen and oxygen atoms in total. The third-order valence-electron chi connectivity index (χ3n) is 1.14. The lowest BCUT2D eigenvalue weighted by Crippen LogP contribution is -2.11. The second-order valence-corrected chi connectivity index (χ2v) is 2.20. The smallest absolute Gasteiger partial charge is 0.147 e. The molecule has 3 heteroatoms. The van der Waals surface area contributed by atoms with E-state index in [9.17, 15) is 9.59 Å². The van der Waals surface area contributed by atoms with Crippen LogP contribution in [0.15, 0.2) is 0 Å². The molecular weight excluding hydrogens is 130 g/mol. The van der Waals surface area contributed by atoms with Crippen LogP contribution in [0.5, 0.6) is 0 Å². The van der Waals surface area contributed by atoms with Crippen LogP contribution in [0.1, 0.15) is 20.3 Å². The maximum atomic E-state index is 10.5. The minimum absolute atomic E-state index is 0.0475. The van der Waals surface area contributed by atoms with Crippen molar-refractivity contribution in [3.05, 3.63) is 0 Å². The molecule has 0 heterocycles. The molecule has 0 saturated heterocycles. The Labute approximate surface area is 59.6 Å². The van der Waals surface area contributed by atoms with E-state index in [-0.39, 0.29) is 18.0 Å². The molecule has 0 aliphatic rings. The van der Waals surface area contributed by atoms with Crippen LogP contribution in [0.25, 0.3) is 0 Å². The number of nitrogens with zero attached hydrogens (tertiary/aromatic N) is 1. The predicted octanol–water partition coefficient (Wildman–Crippen LogP) is 0.694. The molecule has 10 heavy (non-hydrogen) atoms. The number of hydrogen-bond donors (Lipinski definition) is 0. The monoisotopic (exact) mass is 139 g/mol. The summed E-state index contributed by atoms with van der Waals surface area (Å²) in [4.78, 5) is 20.9. The van der Waals surface area contributed by atoms with Gasteiger partial charge in [0.05, 0.1) is 6.07 Å². The number of rotatable bonds is 3. The Kier molecular flexibility index (Phi) is 3.34. The van der Waals surface area contributed by atoms with Crippen LogP contribution >= 0.6 is 0 Å². The van der Waals surface area contributed by atoms with Gasteiger partial charge < -0.3 is 0 Å². The van der Waals surface area contributed by atoms with Gasteiger partial charge in [-0.2, -0.15) is 5.26 Å². The summed E-state index contributed by atoms with van der Waals surface area (Å²) >= 11 is 0. The van der Waals surface area contributed by atoms with Gasteiger partial charge in [-0.15, -0.1) is 0 Å². The first kappa shape index (κ1) is 8.83. The second kappa shape index (κ2) is 3.78. The molecule has 0 fully saturated rings. The number of carbonyl (C=O) groups excluding carboxylic acids is 2. The molecule has 0 aromatic rings. The van der Waals surface area contributed by atoms with Crippen molar-refractivity contribution in [3.63, 3.8) is 0 Å². The maximum Gasteiger partial charge on any atom is 0.147 e. The van der Waals surface area contributed by atoms with Crippen molar-refractivity contribution in [1.29, 1.82) is 5.26 Å². The van der Waals surface area contributed by atoms with Gasteiger partial charge in [-0.1, -0.05) is 0 Å². The summed E-state index contributed by atoms with van der Waals surface area (Å²) < 4.78 is 0. The maximum absolute atomic E-state index is 10.5. The summed E-state index contributed by atoms with van der Waals surface area (Å²) in [7, 11) is 0. The van der Waals surface area contributed by atoms with Gasteiger partial charge in [-0.05, 0) is 13.8 Å². The van der Waals surface area contributed by atoms with Crippen molar-refractivity contribution in [2.75, 3.05) is 0 Å². The third-order valence-corrected chi connectivity index (χ3v) is 1.14. The van der Waals surface area contributed by atoms with Crippen LogP contribution in [0.3, 0.4) is 0 Å². The molecule has 0 aliphatic heterocycles. The van der Waals surface area contributed by atoms with E-state index in [1.165, 1.54) is 13.8 Å². The molecule has 0 N–H and O–H groups in total. The van der Waals surface area contributed by atoms with Crippen molar-refractivity contribution >= 4 is 11.6 Å². The van der Waals surface area contributed by atoms with E-state index in [4.69, 9.17) is 5.26 Å². The first-order chi connectivity index (χ1) is 4.57. The lowest BCUT2D eigenvalue weighted by Gasteiger charge is -1.98. The first-order valence-electron chi connectivity index (χ1n) is 2.97. The van der Waals surface area contributed by atoms with Crippen LogP contribution in [-0.2, 0) is 9.59 Å². The van der Waals surface area contributed by atoms with E-state index in [2.05, 4.69) is 0 Å². The molecule has 0 amide bonds. The van der Waals surface area contributed by atoms with E-state index in [1.54, 1.807) is 6.07 Å². The Morgan fingerprint density at radius 1 is 1.50 bits per heavy atom. The number of hydrogen-bond acceptors (Lipinski definition) is 3. The Hall–Kier alpha value is -1.17. The van der Waals surface area contributed by atoms with Crippen molar-refractivity contribution in [1.82, 2.24) is 0 Å². The van der Waals surface area contributed by atoms with Gasteiger partial charge in [0.2, 0.25) is 0 Å². The summed E-state index contributed by atoms with van der Waals surface area (Å²) in [5.74, 6) is -1.10. The molecule has 0 saturated carbocycles. The molecule has 0 rings (SSSR count). The summed E-state index contributed by atoms with van der Waals surface area (Å²) in [5, 5.41) is 8.32. The zero-order valence-corrected chi connectivity index (χ0v) is 6.05. The highest BCUT2D eigenvalue weighted by atomic mass is 16.1. The van der Waals surface area contributed by atoms with Crippen LogP contribution in [-0.4, -0.2) is 11.6 Å². The lowest BCUT2D eigenvalue weighted by molar-refractivity contribution is -0.124. The highest BCUT2D eigenvalue weighted by molar-refractivity contribution is 5.87. The van der Waals surface area contributed by atoms with Gasteiger partial charge in [-0.3, -0.25) is 9.59 Å². The van der Waals surface area contributed by atoms with Crippen molar-refractivity contribution in [2.24, 2.45) is 5.92 Å². The quantitative estimate of drug-likeness (QED) is 0.578. The van der Waals surface area contributed by atoms with Crippen LogP contribution < -0.4 is 0 Å². The van der Waals surface area contributed by atoms with Crippen LogP contribution in [0.2, 0.25) is 0 Å². The zero-order chi connectivity index (χ0) is 8.15. The van der Waals surface area contributed by atoms with E-state index in [0.29, 0.717) is 0 Å². The van der Waals surface area contributed by atoms with Crippen LogP contribution in [0, 0.1) is 17.2 Å². The third kappa shape index (κ3) is 2.98. The zero-order valence-electron chi connectivity index (χ0n) is 6.05. The van der Waals surface area contributed by atoms with E-state index >= 15 is 0 Å².